The minimum atomic E-state index is -0.209. The zero-order valence-electron chi connectivity index (χ0n) is 10.1. The smallest absolute Gasteiger partial charge is 0.240 e. The van der Waals surface area contributed by atoms with E-state index in [1.54, 1.807) is 12.0 Å². The van der Waals surface area contributed by atoms with Crippen LogP contribution in [-0.4, -0.2) is 74.1 Å². The monoisotopic (exact) mass is 244 g/mol. The van der Waals surface area contributed by atoms with Gasteiger partial charge in [-0.3, -0.25) is 4.79 Å². The molecule has 2 rings (SSSR count). The Kier molecular flexibility index (Phi) is 4.33. The third kappa shape index (κ3) is 2.77. The lowest BCUT2D eigenvalue weighted by Gasteiger charge is -2.36. The second-order valence-electron chi connectivity index (χ2n) is 4.50. The Morgan fingerprint density at radius 3 is 3.12 bits per heavy atom. The normalized spacial score (nSPS) is 34.0. The number of rotatable bonds is 3. The second kappa shape index (κ2) is 5.77. The Hall–Kier alpha value is -0.690. The average Bonchev–Trinajstić information content (AvgIpc) is 2.86. The molecular formula is C11H20N2O4. The number of hydrogen-bond donors (Lipinski definition) is 2. The van der Waals surface area contributed by atoms with E-state index in [2.05, 4.69) is 5.32 Å². The standard InChI is InChI=1S/C11H20N2O4/c1-16-9-4-10(12-5-9)11(15)13-2-3-17-7-8(13)6-14/h8-10,12,14H,2-7H2,1H3. The van der Waals surface area contributed by atoms with Gasteiger partial charge < -0.3 is 24.8 Å². The van der Waals surface area contributed by atoms with E-state index in [1.165, 1.54) is 0 Å². The van der Waals surface area contributed by atoms with Crippen molar-refractivity contribution in [3.63, 3.8) is 0 Å². The lowest BCUT2D eigenvalue weighted by molar-refractivity contribution is -0.143. The molecular weight excluding hydrogens is 224 g/mol. The third-order valence-corrected chi connectivity index (χ3v) is 3.44. The van der Waals surface area contributed by atoms with Crippen LogP contribution in [0.2, 0.25) is 0 Å². The number of ether oxygens (including phenoxy) is 2. The number of aliphatic hydroxyl groups is 1. The van der Waals surface area contributed by atoms with Crippen molar-refractivity contribution in [2.75, 3.05) is 40.0 Å². The molecule has 0 aliphatic carbocycles. The molecule has 2 fully saturated rings. The SMILES string of the molecule is COC1CNC(C(=O)N2CCOCC2CO)C1. The van der Waals surface area contributed by atoms with Crippen molar-refractivity contribution in [1.29, 1.82) is 0 Å². The molecule has 0 aromatic rings. The van der Waals surface area contributed by atoms with E-state index in [1.807, 2.05) is 0 Å². The Labute approximate surface area is 101 Å². The van der Waals surface area contributed by atoms with Crippen molar-refractivity contribution in [2.24, 2.45) is 0 Å². The zero-order chi connectivity index (χ0) is 12.3. The Morgan fingerprint density at radius 2 is 2.47 bits per heavy atom. The van der Waals surface area contributed by atoms with Gasteiger partial charge in [0.05, 0.1) is 38.0 Å². The zero-order valence-corrected chi connectivity index (χ0v) is 10.1. The van der Waals surface area contributed by atoms with Crippen molar-refractivity contribution in [3.8, 4) is 0 Å². The molecule has 98 valence electrons. The summed E-state index contributed by atoms with van der Waals surface area (Å²) in [6.45, 7) is 2.18. The first-order valence-electron chi connectivity index (χ1n) is 6.01. The highest BCUT2D eigenvalue weighted by atomic mass is 16.5. The highest BCUT2D eigenvalue weighted by molar-refractivity contribution is 5.82. The van der Waals surface area contributed by atoms with Crippen molar-refractivity contribution >= 4 is 5.91 Å². The second-order valence-corrected chi connectivity index (χ2v) is 4.50. The van der Waals surface area contributed by atoms with Crippen LogP contribution in [0, 0.1) is 0 Å². The van der Waals surface area contributed by atoms with E-state index >= 15 is 0 Å². The van der Waals surface area contributed by atoms with Crippen molar-refractivity contribution in [3.05, 3.63) is 0 Å². The molecule has 0 bridgehead atoms. The molecule has 2 N–H and O–H groups in total. The number of aliphatic hydroxyl groups excluding tert-OH is 1. The molecule has 0 aromatic carbocycles. The van der Waals surface area contributed by atoms with E-state index in [-0.39, 0.29) is 30.7 Å². The summed E-state index contributed by atoms with van der Waals surface area (Å²) in [6.07, 6.45) is 0.808. The quantitative estimate of drug-likeness (QED) is 0.638. The topological polar surface area (TPSA) is 71.0 Å². The number of carbonyl (C=O) groups is 1. The fourth-order valence-corrected chi connectivity index (χ4v) is 2.37. The highest BCUT2D eigenvalue weighted by Gasteiger charge is 2.35. The van der Waals surface area contributed by atoms with Gasteiger partial charge in [0, 0.05) is 20.2 Å². The van der Waals surface area contributed by atoms with Crippen molar-refractivity contribution < 1.29 is 19.4 Å². The van der Waals surface area contributed by atoms with Crippen molar-refractivity contribution in [1.82, 2.24) is 10.2 Å². The number of morpholine rings is 1. The average molecular weight is 244 g/mol. The van der Waals surface area contributed by atoms with Crippen LogP contribution in [0.15, 0.2) is 0 Å². The van der Waals surface area contributed by atoms with Crippen LogP contribution in [0.5, 0.6) is 0 Å². The molecule has 0 aromatic heterocycles. The molecule has 6 nitrogen and oxygen atoms in total. The molecule has 0 saturated carbocycles. The van der Waals surface area contributed by atoms with E-state index < -0.39 is 0 Å². The van der Waals surface area contributed by atoms with Crippen LogP contribution in [-0.2, 0) is 14.3 Å². The fourth-order valence-electron chi connectivity index (χ4n) is 2.37. The van der Waals surface area contributed by atoms with Crippen LogP contribution in [0.4, 0.5) is 0 Å². The minimum absolute atomic E-state index is 0.0481. The van der Waals surface area contributed by atoms with E-state index in [0.29, 0.717) is 32.7 Å². The number of nitrogens with zero attached hydrogens (tertiary/aromatic N) is 1. The van der Waals surface area contributed by atoms with Crippen LogP contribution in [0.1, 0.15) is 6.42 Å². The first-order chi connectivity index (χ1) is 8.26. The molecule has 3 unspecified atom stereocenters. The summed E-state index contributed by atoms with van der Waals surface area (Å²) < 4.78 is 10.5. The predicted octanol–water partition coefficient (Wildman–Crippen LogP) is -1.42. The largest absolute Gasteiger partial charge is 0.394 e. The number of carbonyl (C=O) groups excluding carboxylic acids is 1. The molecule has 3 atom stereocenters. The van der Waals surface area contributed by atoms with Gasteiger partial charge in [0.2, 0.25) is 5.91 Å². The number of hydrogen-bond acceptors (Lipinski definition) is 5. The van der Waals surface area contributed by atoms with Gasteiger partial charge in [0.25, 0.3) is 0 Å². The summed E-state index contributed by atoms with van der Waals surface area (Å²) in [5, 5.41) is 12.4. The van der Waals surface area contributed by atoms with Crippen LogP contribution >= 0.6 is 0 Å². The molecule has 2 aliphatic heterocycles. The maximum atomic E-state index is 12.3. The summed E-state index contributed by atoms with van der Waals surface area (Å²) in [6, 6.07) is -0.397. The summed E-state index contributed by atoms with van der Waals surface area (Å²) >= 11 is 0. The molecule has 0 spiro atoms. The molecule has 2 saturated heterocycles. The first kappa shape index (κ1) is 12.8. The van der Waals surface area contributed by atoms with Crippen LogP contribution in [0.3, 0.4) is 0 Å². The van der Waals surface area contributed by atoms with E-state index in [4.69, 9.17) is 9.47 Å². The van der Waals surface area contributed by atoms with Gasteiger partial charge in [-0.05, 0) is 6.42 Å². The molecule has 0 radical (unpaired) electrons. The van der Waals surface area contributed by atoms with Gasteiger partial charge in [-0.2, -0.15) is 0 Å². The van der Waals surface area contributed by atoms with Crippen molar-refractivity contribution in [2.45, 2.75) is 24.6 Å². The first-order valence-corrected chi connectivity index (χ1v) is 6.01. The summed E-state index contributed by atoms with van der Waals surface area (Å²) in [7, 11) is 1.66. The van der Waals surface area contributed by atoms with E-state index in [9.17, 15) is 9.90 Å². The Balaban J connectivity index is 1.94. The van der Waals surface area contributed by atoms with Crippen LogP contribution < -0.4 is 5.32 Å². The van der Waals surface area contributed by atoms with Crippen LogP contribution in [0.25, 0.3) is 0 Å². The molecule has 2 aliphatic rings. The minimum Gasteiger partial charge on any atom is -0.394 e. The number of amides is 1. The van der Waals surface area contributed by atoms with Gasteiger partial charge in [-0.15, -0.1) is 0 Å². The maximum absolute atomic E-state index is 12.3. The third-order valence-electron chi connectivity index (χ3n) is 3.44. The molecule has 2 heterocycles. The summed E-state index contributed by atoms with van der Waals surface area (Å²) in [5.41, 5.74) is 0. The molecule has 6 heteroatoms. The Morgan fingerprint density at radius 1 is 1.65 bits per heavy atom. The van der Waals surface area contributed by atoms with Gasteiger partial charge in [-0.25, -0.2) is 0 Å². The highest BCUT2D eigenvalue weighted by Crippen LogP contribution is 2.15. The van der Waals surface area contributed by atoms with Gasteiger partial charge >= 0.3 is 0 Å². The fraction of sp³-hybridized carbons (Fsp3) is 0.909. The lowest BCUT2D eigenvalue weighted by atomic mass is 10.1. The summed E-state index contributed by atoms with van der Waals surface area (Å²) in [5.74, 6) is 0.0481. The summed E-state index contributed by atoms with van der Waals surface area (Å²) in [4.78, 5) is 14.0. The number of nitrogens with one attached hydrogen (secondary N) is 1. The van der Waals surface area contributed by atoms with Gasteiger partial charge in [0.1, 0.15) is 0 Å². The predicted molar refractivity (Wildman–Crippen MR) is 60.6 cm³/mol. The van der Waals surface area contributed by atoms with E-state index in [0.717, 1.165) is 0 Å². The van der Waals surface area contributed by atoms with Gasteiger partial charge in [0.15, 0.2) is 0 Å². The Bertz CT molecular complexity index is 274. The number of methoxy groups -OCH3 is 1. The molecule has 17 heavy (non-hydrogen) atoms. The van der Waals surface area contributed by atoms with Gasteiger partial charge in [-0.1, -0.05) is 0 Å². The maximum Gasteiger partial charge on any atom is 0.240 e. The molecule has 1 amide bonds. The lowest BCUT2D eigenvalue weighted by Crippen LogP contribution is -2.55.